The Bertz CT molecular complexity index is 1580. The number of anilines is 1. The molecule has 0 spiro atoms. The Kier molecular flexibility index (Phi) is 11.8. The van der Waals surface area contributed by atoms with E-state index in [1.807, 2.05) is 18.2 Å². The van der Waals surface area contributed by atoms with Crippen molar-refractivity contribution in [2.24, 2.45) is 13.0 Å². The van der Waals surface area contributed by atoms with Gasteiger partial charge in [0, 0.05) is 77.3 Å². The van der Waals surface area contributed by atoms with Gasteiger partial charge in [-0.25, -0.2) is 8.78 Å². The van der Waals surface area contributed by atoms with Crippen LogP contribution in [0.15, 0.2) is 66.9 Å². The van der Waals surface area contributed by atoms with Gasteiger partial charge in [-0.1, -0.05) is 49.4 Å². The molecule has 3 N–H and O–H groups in total. The summed E-state index contributed by atoms with van der Waals surface area (Å²) in [7, 11) is 1.60. The Labute approximate surface area is 285 Å². The molecule has 13 heteroatoms. The van der Waals surface area contributed by atoms with Gasteiger partial charge in [0.25, 0.3) is 5.91 Å². The zero-order valence-electron chi connectivity index (χ0n) is 28.0. The van der Waals surface area contributed by atoms with Crippen LogP contribution in [0.5, 0.6) is 0 Å². The molecule has 1 saturated heterocycles. The maximum absolute atomic E-state index is 13.9. The Balaban J connectivity index is 1.21. The minimum Gasteiger partial charge on any atom is -0.344 e. The molecule has 0 radical (unpaired) electrons. The lowest BCUT2D eigenvalue weighted by Gasteiger charge is -2.36. The maximum atomic E-state index is 13.9. The number of carbonyl (C=O) groups is 4. The fraction of sp³-hybridized carbons (Fsp3) is 0.472. The number of carbonyl (C=O) groups excluding carboxylic acids is 4. The molecule has 262 valence electrons. The molecule has 1 saturated carbocycles. The van der Waals surface area contributed by atoms with E-state index in [1.165, 1.54) is 22.5 Å². The summed E-state index contributed by atoms with van der Waals surface area (Å²) in [5.74, 6) is -4.63. The minimum atomic E-state index is -2.79. The van der Waals surface area contributed by atoms with E-state index in [0.29, 0.717) is 18.8 Å². The molecule has 2 aromatic carbocycles. The van der Waals surface area contributed by atoms with Gasteiger partial charge in [-0.15, -0.1) is 0 Å². The second-order valence-corrected chi connectivity index (χ2v) is 12.9. The van der Waals surface area contributed by atoms with Gasteiger partial charge >= 0.3 is 0 Å². The number of nitrogens with one attached hydrogen (secondary N) is 3. The highest BCUT2D eigenvalue weighted by molar-refractivity contribution is 6.00. The lowest BCUT2D eigenvalue weighted by atomic mass is 9.81. The number of halogens is 2. The number of benzene rings is 2. The van der Waals surface area contributed by atoms with Crippen molar-refractivity contribution in [1.29, 1.82) is 0 Å². The van der Waals surface area contributed by atoms with E-state index in [9.17, 15) is 28.0 Å². The first-order valence-electron chi connectivity index (χ1n) is 16.9. The number of amides is 4. The summed E-state index contributed by atoms with van der Waals surface area (Å²) in [6, 6.07) is 16.9. The topological polar surface area (TPSA) is 129 Å². The van der Waals surface area contributed by atoms with Crippen molar-refractivity contribution in [2.75, 3.05) is 31.5 Å². The molecule has 2 atom stereocenters. The number of aryl methyl sites for hydroxylation is 1. The lowest BCUT2D eigenvalue weighted by molar-refractivity contribution is -0.138. The highest BCUT2D eigenvalue weighted by Crippen LogP contribution is 2.37. The highest BCUT2D eigenvalue weighted by Gasteiger charge is 2.40. The highest BCUT2D eigenvalue weighted by atomic mass is 19.3. The van der Waals surface area contributed by atoms with Crippen LogP contribution in [-0.4, -0.2) is 87.4 Å². The molecule has 1 aromatic heterocycles. The van der Waals surface area contributed by atoms with Crippen LogP contribution in [-0.2, 0) is 34.4 Å². The maximum Gasteiger partial charge on any atom is 0.270 e. The molecule has 2 aliphatic rings. The van der Waals surface area contributed by atoms with E-state index in [2.05, 4.69) is 38.1 Å². The second kappa shape index (κ2) is 16.2. The quantitative estimate of drug-likeness (QED) is 0.268. The molecule has 0 bridgehead atoms. The van der Waals surface area contributed by atoms with Gasteiger partial charge in [-0.05, 0) is 48.1 Å². The smallest absolute Gasteiger partial charge is 0.270 e. The van der Waals surface area contributed by atoms with Gasteiger partial charge in [0.15, 0.2) is 0 Å². The Morgan fingerprint density at radius 2 is 1.57 bits per heavy atom. The standard InChI is InChI=1S/C36H45F2N7O4/c1-3-31(46)41-29(35(49)45-21-19-44(20-22-45)24-26-7-5-4-6-8-26)23-25-9-11-28(12-10-25)40-34(48)32(27-13-16-36(37,38)17-14-27)42-33(47)30-15-18-39-43(30)2/h4-12,15,18,27,29,32H,3,13-14,16-17,19-24H2,1-2H3,(H,40,48)(H,41,46)(H,42,47)/t29-,32+/m1/s1. The molecule has 1 aliphatic heterocycles. The number of rotatable bonds is 12. The largest absolute Gasteiger partial charge is 0.344 e. The van der Waals surface area contributed by atoms with Crippen molar-refractivity contribution >= 4 is 29.3 Å². The predicted octanol–water partition coefficient (Wildman–Crippen LogP) is 3.76. The third-order valence-corrected chi connectivity index (χ3v) is 9.40. The molecule has 49 heavy (non-hydrogen) atoms. The first kappa shape index (κ1) is 35.7. The Hall–Kier alpha value is -4.65. The molecule has 3 aromatic rings. The number of hydrogen-bond acceptors (Lipinski definition) is 6. The van der Waals surface area contributed by atoms with E-state index in [4.69, 9.17) is 0 Å². The van der Waals surface area contributed by atoms with Crippen molar-refractivity contribution < 1.29 is 28.0 Å². The van der Waals surface area contributed by atoms with Crippen LogP contribution in [0.25, 0.3) is 0 Å². The normalized spacial score (nSPS) is 17.9. The molecule has 2 heterocycles. The number of piperazine rings is 1. The number of aromatic nitrogens is 2. The zero-order chi connectivity index (χ0) is 35.0. The fourth-order valence-corrected chi connectivity index (χ4v) is 6.47. The van der Waals surface area contributed by atoms with Gasteiger partial charge in [-0.2, -0.15) is 5.10 Å². The molecule has 1 aliphatic carbocycles. The third-order valence-electron chi connectivity index (χ3n) is 9.40. The number of nitrogens with zero attached hydrogens (tertiary/aromatic N) is 4. The predicted molar refractivity (Wildman–Crippen MR) is 181 cm³/mol. The van der Waals surface area contributed by atoms with Crippen LogP contribution in [0.1, 0.15) is 60.6 Å². The molecular weight excluding hydrogens is 632 g/mol. The third kappa shape index (κ3) is 9.71. The first-order valence-corrected chi connectivity index (χ1v) is 16.9. The van der Waals surface area contributed by atoms with Crippen LogP contribution >= 0.6 is 0 Å². The first-order chi connectivity index (χ1) is 23.5. The van der Waals surface area contributed by atoms with Crippen molar-refractivity contribution in [3.05, 3.63) is 83.7 Å². The van der Waals surface area contributed by atoms with E-state index in [0.717, 1.165) is 25.2 Å². The molecular formula is C36H45F2N7O4. The molecule has 11 nitrogen and oxygen atoms in total. The van der Waals surface area contributed by atoms with Crippen LogP contribution in [0.4, 0.5) is 14.5 Å². The molecule has 0 unspecified atom stereocenters. The van der Waals surface area contributed by atoms with Crippen LogP contribution in [0.2, 0.25) is 0 Å². The van der Waals surface area contributed by atoms with E-state index < -0.39 is 35.7 Å². The summed E-state index contributed by atoms with van der Waals surface area (Å²) >= 11 is 0. The van der Waals surface area contributed by atoms with E-state index in [-0.39, 0.29) is 56.0 Å². The number of hydrogen-bond donors (Lipinski definition) is 3. The summed E-state index contributed by atoms with van der Waals surface area (Å²) in [6.07, 6.45) is 1.46. The van der Waals surface area contributed by atoms with E-state index >= 15 is 0 Å². The summed E-state index contributed by atoms with van der Waals surface area (Å²) in [5.41, 5.74) is 2.70. The van der Waals surface area contributed by atoms with Gasteiger partial charge < -0.3 is 20.9 Å². The average molecular weight is 678 g/mol. The van der Waals surface area contributed by atoms with Crippen LogP contribution < -0.4 is 16.0 Å². The van der Waals surface area contributed by atoms with Crippen molar-refractivity contribution in [1.82, 2.24) is 30.2 Å². The van der Waals surface area contributed by atoms with Crippen LogP contribution in [0.3, 0.4) is 0 Å². The lowest BCUT2D eigenvalue weighted by Crippen LogP contribution is -2.55. The monoisotopic (exact) mass is 677 g/mol. The van der Waals surface area contributed by atoms with Crippen LogP contribution in [0, 0.1) is 5.92 Å². The average Bonchev–Trinajstić information content (AvgIpc) is 3.54. The summed E-state index contributed by atoms with van der Waals surface area (Å²) in [4.78, 5) is 56.7. The fourth-order valence-electron chi connectivity index (χ4n) is 6.47. The van der Waals surface area contributed by atoms with E-state index in [1.54, 1.807) is 43.1 Å². The van der Waals surface area contributed by atoms with Gasteiger partial charge in [-0.3, -0.25) is 28.8 Å². The molecule has 4 amide bonds. The number of alkyl halides is 2. The van der Waals surface area contributed by atoms with Crippen molar-refractivity contribution in [3.63, 3.8) is 0 Å². The Morgan fingerprint density at radius 3 is 2.18 bits per heavy atom. The minimum absolute atomic E-state index is 0.0939. The zero-order valence-corrected chi connectivity index (χ0v) is 28.0. The molecule has 2 fully saturated rings. The second-order valence-electron chi connectivity index (χ2n) is 12.9. The van der Waals surface area contributed by atoms with Crippen molar-refractivity contribution in [2.45, 2.75) is 70.0 Å². The van der Waals surface area contributed by atoms with Gasteiger partial charge in [0.05, 0.1) is 0 Å². The summed E-state index contributed by atoms with van der Waals surface area (Å²) in [6.45, 7) is 5.14. The van der Waals surface area contributed by atoms with Gasteiger partial charge in [0.2, 0.25) is 23.6 Å². The summed E-state index contributed by atoms with van der Waals surface area (Å²) < 4.78 is 29.3. The molecule has 5 rings (SSSR count). The Morgan fingerprint density at radius 1 is 0.898 bits per heavy atom. The SMILES string of the molecule is CCC(=O)N[C@H](Cc1ccc(NC(=O)[C@@H](NC(=O)c2ccnn2C)C2CCC(F)(F)CC2)cc1)C(=O)N1CCN(Cc2ccccc2)CC1. The van der Waals surface area contributed by atoms with Gasteiger partial charge in [0.1, 0.15) is 17.8 Å². The summed E-state index contributed by atoms with van der Waals surface area (Å²) in [5, 5.41) is 12.5. The van der Waals surface area contributed by atoms with Crippen molar-refractivity contribution in [3.8, 4) is 0 Å².